The Kier molecular flexibility index (Phi) is 2.32. The highest BCUT2D eigenvalue weighted by Crippen LogP contribution is 2.16. The van der Waals surface area contributed by atoms with Gasteiger partial charge in [-0.3, -0.25) is 0 Å². The molecule has 0 heterocycles. The van der Waals surface area contributed by atoms with Crippen LogP contribution in [0.2, 0.25) is 0 Å². The van der Waals surface area contributed by atoms with E-state index in [2.05, 4.69) is 0 Å². The highest BCUT2D eigenvalue weighted by Gasteiger charge is 1.93. The summed E-state index contributed by atoms with van der Waals surface area (Å²) >= 11 is 0. The Labute approximate surface area is 67.0 Å². The molecule has 58 valence electrons. The van der Waals surface area contributed by atoms with Gasteiger partial charge < -0.3 is 5.11 Å². The first kappa shape index (κ1) is 7.86. The molecule has 0 amide bonds. The zero-order valence-electron chi connectivity index (χ0n) is 6.83. The van der Waals surface area contributed by atoms with Crippen LogP contribution in [0.4, 0.5) is 0 Å². The van der Waals surface area contributed by atoms with Gasteiger partial charge in [-0.25, -0.2) is 0 Å². The maximum absolute atomic E-state index is 9.08. The van der Waals surface area contributed by atoms with E-state index < -0.39 is 0 Å². The first-order valence-corrected chi connectivity index (χ1v) is 3.66. The fraction of sp³-hybridized carbons (Fsp3) is 0.200. The molecular formula is C10H12O. The third-order valence-corrected chi connectivity index (χ3v) is 1.60. The largest absolute Gasteiger partial charge is 0.508 e. The summed E-state index contributed by atoms with van der Waals surface area (Å²) in [5, 5.41) is 9.08. The lowest BCUT2D eigenvalue weighted by atomic mass is 10.1. The van der Waals surface area contributed by atoms with Crippen molar-refractivity contribution in [2.24, 2.45) is 0 Å². The van der Waals surface area contributed by atoms with Gasteiger partial charge in [0.25, 0.3) is 0 Å². The number of aryl methyl sites for hydroxylation is 1. The van der Waals surface area contributed by atoms with Crippen LogP contribution in [0, 0.1) is 6.92 Å². The van der Waals surface area contributed by atoms with E-state index in [9.17, 15) is 0 Å². The fourth-order valence-corrected chi connectivity index (χ4v) is 1.03. The monoisotopic (exact) mass is 148 g/mol. The minimum atomic E-state index is 0.329. The zero-order chi connectivity index (χ0) is 8.27. The van der Waals surface area contributed by atoms with Gasteiger partial charge in [0.15, 0.2) is 0 Å². The van der Waals surface area contributed by atoms with Crippen LogP contribution in [0.25, 0.3) is 6.08 Å². The average molecular weight is 148 g/mol. The van der Waals surface area contributed by atoms with Gasteiger partial charge in [-0.2, -0.15) is 0 Å². The smallest absolute Gasteiger partial charge is 0.115 e. The van der Waals surface area contributed by atoms with E-state index in [-0.39, 0.29) is 0 Å². The number of rotatable bonds is 1. The highest BCUT2D eigenvalue weighted by molar-refractivity contribution is 5.54. The SMILES string of the molecule is C/C=C\c1ccc(O)cc1C. The number of hydrogen-bond donors (Lipinski definition) is 1. The summed E-state index contributed by atoms with van der Waals surface area (Å²) in [4.78, 5) is 0. The Morgan fingerprint density at radius 3 is 2.64 bits per heavy atom. The molecule has 1 aromatic rings. The normalized spacial score (nSPS) is 10.7. The molecule has 0 bridgehead atoms. The molecule has 0 aliphatic rings. The second-order valence-corrected chi connectivity index (χ2v) is 2.54. The number of allylic oxidation sites excluding steroid dienone is 1. The van der Waals surface area contributed by atoms with Crippen molar-refractivity contribution in [1.29, 1.82) is 0 Å². The third kappa shape index (κ3) is 1.84. The summed E-state index contributed by atoms with van der Waals surface area (Å²) in [6.45, 7) is 3.96. The molecule has 1 N–H and O–H groups in total. The lowest BCUT2D eigenvalue weighted by Gasteiger charge is -1.99. The molecule has 0 radical (unpaired) electrons. The van der Waals surface area contributed by atoms with Crippen LogP contribution >= 0.6 is 0 Å². The van der Waals surface area contributed by atoms with Crippen molar-refractivity contribution in [2.75, 3.05) is 0 Å². The second-order valence-electron chi connectivity index (χ2n) is 2.54. The molecule has 1 nitrogen and oxygen atoms in total. The van der Waals surface area contributed by atoms with Gasteiger partial charge in [0.1, 0.15) is 5.75 Å². The summed E-state index contributed by atoms with van der Waals surface area (Å²) in [5.74, 6) is 0.329. The number of phenols is 1. The van der Waals surface area contributed by atoms with Crippen LogP contribution in [-0.4, -0.2) is 5.11 Å². The summed E-state index contributed by atoms with van der Waals surface area (Å²) in [5.41, 5.74) is 2.26. The quantitative estimate of drug-likeness (QED) is 0.649. The lowest BCUT2D eigenvalue weighted by Crippen LogP contribution is -1.78. The summed E-state index contributed by atoms with van der Waals surface area (Å²) in [6.07, 6.45) is 4.01. The number of hydrogen-bond acceptors (Lipinski definition) is 1. The molecule has 0 unspecified atom stereocenters. The van der Waals surface area contributed by atoms with Gasteiger partial charge in [0, 0.05) is 0 Å². The highest BCUT2D eigenvalue weighted by atomic mass is 16.3. The first-order valence-electron chi connectivity index (χ1n) is 3.66. The van der Waals surface area contributed by atoms with Gasteiger partial charge in [0.2, 0.25) is 0 Å². The van der Waals surface area contributed by atoms with Crippen molar-refractivity contribution >= 4 is 6.08 Å². The minimum absolute atomic E-state index is 0.329. The number of aromatic hydroxyl groups is 1. The molecular weight excluding hydrogens is 136 g/mol. The van der Waals surface area contributed by atoms with Crippen LogP contribution in [0.1, 0.15) is 18.1 Å². The number of phenolic OH excluding ortho intramolecular Hbond substituents is 1. The summed E-state index contributed by atoms with van der Waals surface area (Å²) < 4.78 is 0. The van der Waals surface area contributed by atoms with E-state index in [4.69, 9.17) is 5.11 Å². The van der Waals surface area contributed by atoms with Crippen molar-refractivity contribution in [3.63, 3.8) is 0 Å². The van der Waals surface area contributed by atoms with Crippen molar-refractivity contribution in [3.8, 4) is 5.75 Å². The number of benzene rings is 1. The van der Waals surface area contributed by atoms with Crippen molar-refractivity contribution < 1.29 is 5.11 Å². The molecule has 1 rings (SSSR count). The van der Waals surface area contributed by atoms with Gasteiger partial charge in [-0.1, -0.05) is 18.2 Å². The molecule has 0 aliphatic heterocycles. The maximum Gasteiger partial charge on any atom is 0.115 e. The van der Waals surface area contributed by atoms with E-state index in [0.29, 0.717) is 5.75 Å². The third-order valence-electron chi connectivity index (χ3n) is 1.60. The van der Waals surface area contributed by atoms with Gasteiger partial charge in [0.05, 0.1) is 0 Å². The lowest BCUT2D eigenvalue weighted by molar-refractivity contribution is 0.475. The Balaban J connectivity index is 3.09. The molecule has 0 saturated heterocycles. The standard InChI is InChI=1S/C10H12O/c1-3-4-9-5-6-10(11)7-8(9)2/h3-7,11H,1-2H3/b4-3-. The van der Waals surface area contributed by atoms with Crippen LogP contribution in [0.15, 0.2) is 24.3 Å². The molecule has 0 aliphatic carbocycles. The van der Waals surface area contributed by atoms with E-state index in [1.165, 1.54) is 0 Å². The molecule has 1 heteroatoms. The van der Waals surface area contributed by atoms with Crippen molar-refractivity contribution in [1.82, 2.24) is 0 Å². The zero-order valence-corrected chi connectivity index (χ0v) is 6.83. The fourth-order valence-electron chi connectivity index (χ4n) is 1.03. The van der Waals surface area contributed by atoms with E-state index in [1.807, 2.05) is 32.1 Å². The van der Waals surface area contributed by atoms with E-state index in [1.54, 1.807) is 12.1 Å². The minimum Gasteiger partial charge on any atom is -0.508 e. The Bertz CT molecular complexity index is 274. The van der Waals surface area contributed by atoms with Gasteiger partial charge >= 0.3 is 0 Å². The summed E-state index contributed by atoms with van der Waals surface area (Å²) in [6, 6.07) is 5.36. The molecule has 1 aromatic carbocycles. The van der Waals surface area contributed by atoms with Gasteiger partial charge in [-0.05, 0) is 37.1 Å². The Hall–Kier alpha value is -1.24. The molecule has 0 saturated carbocycles. The predicted molar refractivity (Wildman–Crippen MR) is 47.6 cm³/mol. The van der Waals surface area contributed by atoms with Crippen LogP contribution in [0.3, 0.4) is 0 Å². The van der Waals surface area contributed by atoms with Crippen molar-refractivity contribution in [2.45, 2.75) is 13.8 Å². The molecule has 0 spiro atoms. The van der Waals surface area contributed by atoms with Crippen LogP contribution in [0.5, 0.6) is 5.75 Å². The predicted octanol–water partition coefficient (Wildman–Crippen LogP) is 2.73. The Morgan fingerprint density at radius 1 is 1.36 bits per heavy atom. The Morgan fingerprint density at radius 2 is 2.09 bits per heavy atom. The molecule has 11 heavy (non-hydrogen) atoms. The van der Waals surface area contributed by atoms with Crippen LogP contribution in [-0.2, 0) is 0 Å². The second kappa shape index (κ2) is 3.24. The van der Waals surface area contributed by atoms with Crippen LogP contribution < -0.4 is 0 Å². The molecule has 0 fully saturated rings. The average Bonchev–Trinajstić information content (AvgIpc) is 1.95. The van der Waals surface area contributed by atoms with Crippen molar-refractivity contribution in [3.05, 3.63) is 35.4 Å². The van der Waals surface area contributed by atoms with E-state index >= 15 is 0 Å². The van der Waals surface area contributed by atoms with E-state index in [0.717, 1.165) is 11.1 Å². The molecule has 0 atom stereocenters. The first-order chi connectivity index (χ1) is 5.24. The molecule has 0 aromatic heterocycles. The van der Waals surface area contributed by atoms with Gasteiger partial charge in [-0.15, -0.1) is 0 Å². The topological polar surface area (TPSA) is 20.2 Å². The maximum atomic E-state index is 9.08. The summed E-state index contributed by atoms with van der Waals surface area (Å²) in [7, 11) is 0.